The van der Waals surface area contributed by atoms with Gasteiger partial charge in [0.2, 0.25) is 0 Å². The minimum Gasteiger partial charge on any atom is -0.496 e. The van der Waals surface area contributed by atoms with E-state index in [0.29, 0.717) is 17.2 Å². The van der Waals surface area contributed by atoms with Gasteiger partial charge in [-0.25, -0.2) is 4.79 Å². The summed E-state index contributed by atoms with van der Waals surface area (Å²) in [6, 6.07) is 12.3. The van der Waals surface area contributed by atoms with Crippen LogP contribution in [-0.4, -0.2) is 32.2 Å². The molecule has 25 heavy (non-hydrogen) atoms. The van der Waals surface area contributed by atoms with Gasteiger partial charge in [0, 0.05) is 5.69 Å². The van der Waals surface area contributed by atoms with E-state index in [1.807, 2.05) is 25.1 Å². The first kappa shape index (κ1) is 18.3. The van der Waals surface area contributed by atoms with Gasteiger partial charge in [-0.3, -0.25) is 4.79 Å². The highest BCUT2D eigenvalue weighted by Gasteiger charge is 2.24. The summed E-state index contributed by atoms with van der Waals surface area (Å²) in [5, 5.41) is 2.75. The molecule has 1 atom stereocenters. The Balaban J connectivity index is 2.12. The van der Waals surface area contributed by atoms with Crippen molar-refractivity contribution in [1.29, 1.82) is 0 Å². The molecule has 0 radical (unpaired) electrons. The number of hydrogen-bond donors (Lipinski definition) is 1. The van der Waals surface area contributed by atoms with E-state index < -0.39 is 18.0 Å². The van der Waals surface area contributed by atoms with Crippen LogP contribution in [0.5, 0.6) is 11.5 Å². The number of hydrogen-bond acceptors (Lipinski definition) is 5. The molecule has 6 nitrogen and oxygen atoms in total. The van der Waals surface area contributed by atoms with Gasteiger partial charge in [-0.15, -0.1) is 0 Å². The highest BCUT2D eigenvalue weighted by atomic mass is 16.6. The van der Waals surface area contributed by atoms with Crippen LogP contribution in [0.2, 0.25) is 0 Å². The van der Waals surface area contributed by atoms with E-state index in [4.69, 9.17) is 14.2 Å². The Morgan fingerprint density at radius 1 is 0.960 bits per heavy atom. The Morgan fingerprint density at radius 2 is 1.56 bits per heavy atom. The predicted octanol–water partition coefficient (Wildman–Crippen LogP) is 3.20. The second-order valence-corrected chi connectivity index (χ2v) is 5.39. The van der Waals surface area contributed by atoms with Crippen LogP contribution >= 0.6 is 0 Å². The van der Waals surface area contributed by atoms with Crippen molar-refractivity contribution in [3.8, 4) is 11.5 Å². The van der Waals surface area contributed by atoms with E-state index in [0.717, 1.165) is 5.56 Å². The van der Waals surface area contributed by atoms with Gasteiger partial charge in [0.15, 0.2) is 6.10 Å². The summed E-state index contributed by atoms with van der Waals surface area (Å²) in [6.45, 7) is 3.39. The Kier molecular flexibility index (Phi) is 6.00. The zero-order valence-corrected chi connectivity index (χ0v) is 14.7. The summed E-state index contributed by atoms with van der Waals surface area (Å²) in [4.78, 5) is 24.8. The molecule has 1 N–H and O–H groups in total. The Bertz CT molecular complexity index is 750. The summed E-state index contributed by atoms with van der Waals surface area (Å²) in [5.74, 6) is -0.482. The summed E-state index contributed by atoms with van der Waals surface area (Å²) in [6.07, 6.45) is -0.985. The minimum absolute atomic E-state index is 0.142. The lowest BCUT2D eigenvalue weighted by Crippen LogP contribution is -2.30. The van der Waals surface area contributed by atoms with Crippen molar-refractivity contribution in [3.05, 3.63) is 53.6 Å². The summed E-state index contributed by atoms with van der Waals surface area (Å²) in [7, 11) is 2.89. The molecule has 2 aromatic carbocycles. The monoisotopic (exact) mass is 343 g/mol. The highest BCUT2D eigenvalue weighted by Crippen LogP contribution is 2.29. The molecule has 0 spiro atoms. The molecular formula is C19H21NO5. The number of esters is 1. The van der Waals surface area contributed by atoms with Gasteiger partial charge in [0.1, 0.15) is 17.1 Å². The molecule has 2 rings (SSSR count). The smallest absolute Gasteiger partial charge is 0.346 e. The molecule has 0 aliphatic carbocycles. The summed E-state index contributed by atoms with van der Waals surface area (Å²) < 4.78 is 15.6. The Morgan fingerprint density at radius 3 is 2.12 bits per heavy atom. The van der Waals surface area contributed by atoms with E-state index in [1.54, 1.807) is 24.3 Å². The third-order valence-corrected chi connectivity index (χ3v) is 3.69. The maximum atomic E-state index is 12.5. The van der Waals surface area contributed by atoms with Crippen molar-refractivity contribution in [3.63, 3.8) is 0 Å². The first-order valence-corrected chi connectivity index (χ1v) is 7.76. The van der Waals surface area contributed by atoms with Crippen molar-refractivity contribution in [2.45, 2.75) is 20.0 Å². The lowest BCUT2D eigenvalue weighted by molar-refractivity contribution is -0.123. The van der Waals surface area contributed by atoms with Crippen LogP contribution in [0.25, 0.3) is 0 Å². The summed E-state index contributed by atoms with van der Waals surface area (Å²) in [5.41, 5.74) is 1.73. The fourth-order valence-corrected chi connectivity index (χ4v) is 2.27. The van der Waals surface area contributed by atoms with Gasteiger partial charge in [-0.05, 0) is 37.6 Å². The number of carbonyl (C=O) groups is 2. The van der Waals surface area contributed by atoms with Crippen LogP contribution in [0.1, 0.15) is 22.8 Å². The van der Waals surface area contributed by atoms with Gasteiger partial charge < -0.3 is 19.5 Å². The lowest BCUT2D eigenvalue weighted by atomic mass is 10.1. The maximum absolute atomic E-state index is 12.5. The SMILES string of the molecule is COc1cccc(OC)c1C(=O)O[C@@H](C)C(=O)Nc1ccccc1C. The van der Waals surface area contributed by atoms with Crippen LogP contribution in [0.4, 0.5) is 5.69 Å². The van der Waals surface area contributed by atoms with Crippen molar-refractivity contribution < 1.29 is 23.8 Å². The number of anilines is 1. The highest BCUT2D eigenvalue weighted by molar-refractivity contribution is 6.00. The number of ether oxygens (including phenoxy) is 3. The van der Waals surface area contributed by atoms with Gasteiger partial charge in [-0.2, -0.15) is 0 Å². The van der Waals surface area contributed by atoms with Gasteiger partial charge >= 0.3 is 5.97 Å². The van der Waals surface area contributed by atoms with Crippen LogP contribution in [0, 0.1) is 6.92 Å². The number of benzene rings is 2. The number of amides is 1. The molecule has 0 unspecified atom stereocenters. The molecule has 6 heteroatoms. The molecule has 0 aliphatic rings. The normalized spacial score (nSPS) is 11.4. The molecule has 0 saturated carbocycles. The number of para-hydroxylation sites is 1. The predicted molar refractivity (Wildman–Crippen MR) is 94.2 cm³/mol. The number of carbonyl (C=O) groups excluding carboxylic acids is 2. The molecule has 0 aromatic heterocycles. The van der Waals surface area contributed by atoms with Gasteiger partial charge in [0.25, 0.3) is 5.91 Å². The molecule has 0 heterocycles. The topological polar surface area (TPSA) is 73.9 Å². The van der Waals surface area contributed by atoms with E-state index in [-0.39, 0.29) is 5.56 Å². The lowest BCUT2D eigenvalue weighted by Gasteiger charge is -2.17. The van der Waals surface area contributed by atoms with Crippen molar-refractivity contribution in [1.82, 2.24) is 0 Å². The number of rotatable bonds is 6. The average Bonchev–Trinajstić information content (AvgIpc) is 2.62. The standard InChI is InChI=1S/C19H21NO5/c1-12-8-5-6-9-14(12)20-18(21)13(2)25-19(22)17-15(23-3)10-7-11-16(17)24-4/h5-11,13H,1-4H3,(H,20,21)/t13-/m0/s1. The van der Waals surface area contributed by atoms with E-state index in [1.165, 1.54) is 21.1 Å². The fourth-order valence-electron chi connectivity index (χ4n) is 2.27. The molecule has 0 bridgehead atoms. The van der Waals surface area contributed by atoms with E-state index >= 15 is 0 Å². The maximum Gasteiger partial charge on any atom is 0.346 e. The van der Waals surface area contributed by atoms with E-state index in [9.17, 15) is 9.59 Å². The molecule has 0 fully saturated rings. The van der Waals surface area contributed by atoms with Gasteiger partial charge in [-0.1, -0.05) is 24.3 Å². The molecule has 2 aromatic rings. The quantitative estimate of drug-likeness (QED) is 0.816. The zero-order valence-electron chi connectivity index (χ0n) is 14.7. The van der Waals surface area contributed by atoms with Crippen molar-refractivity contribution in [2.24, 2.45) is 0 Å². The minimum atomic E-state index is -0.985. The first-order chi connectivity index (χ1) is 12.0. The summed E-state index contributed by atoms with van der Waals surface area (Å²) >= 11 is 0. The third kappa shape index (κ3) is 4.29. The zero-order chi connectivity index (χ0) is 18.4. The van der Waals surface area contributed by atoms with Crippen LogP contribution in [0.15, 0.2) is 42.5 Å². The molecular weight excluding hydrogens is 322 g/mol. The molecule has 132 valence electrons. The molecule has 0 saturated heterocycles. The van der Waals surface area contributed by atoms with Gasteiger partial charge in [0.05, 0.1) is 14.2 Å². The molecule has 0 aliphatic heterocycles. The van der Waals surface area contributed by atoms with Crippen molar-refractivity contribution in [2.75, 3.05) is 19.5 Å². The van der Waals surface area contributed by atoms with Crippen LogP contribution in [0.3, 0.4) is 0 Å². The number of nitrogens with one attached hydrogen (secondary N) is 1. The fraction of sp³-hybridized carbons (Fsp3) is 0.263. The Hall–Kier alpha value is -3.02. The Labute approximate surface area is 146 Å². The largest absolute Gasteiger partial charge is 0.496 e. The second kappa shape index (κ2) is 8.19. The molecule has 1 amide bonds. The number of methoxy groups -OCH3 is 2. The first-order valence-electron chi connectivity index (χ1n) is 7.76. The van der Waals surface area contributed by atoms with E-state index in [2.05, 4.69) is 5.32 Å². The number of aryl methyl sites for hydroxylation is 1. The second-order valence-electron chi connectivity index (χ2n) is 5.39. The van der Waals surface area contributed by atoms with Crippen LogP contribution < -0.4 is 14.8 Å². The average molecular weight is 343 g/mol. The van der Waals surface area contributed by atoms with Crippen LogP contribution in [-0.2, 0) is 9.53 Å². The third-order valence-electron chi connectivity index (χ3n) is 3.69. The van der Waals surface area contributed by atoms with Crippen molar-refractivity contribution >= 4 is 17.6 Å².